The van der Waals surface area contributed by atoms with Gasteiger partial charge >= 0.3 is 0 Å². The van der Waals surface area contributed by atoms with Crippen molar-refractivity contribution in [3.05, 3.63) is 29.8 Å². The molecule has 0 saturated heterocycles. The van der Waals surface area contributed by atoms with Crippen molar-refractivity contribution in [2.45, 2.75) is 31.8 Å². The Balaban J connectivity index is 1.88. The van der Waals surface area contributed by atoms with E-state index in [1.807, 2.05) is 24.3 Å². The van der Waals surface area contributed by atoms with Crippen molar-refractivity contribution in [3.63, 3.8) is 0 Å². The van der Waals surface area contributed by atoms with Crippen LogP contribution in [0, 0.1) is 17.2 Å². The van der Waals surface area contributed by atoms with Gasteiger partial charge in [-0.3, -0.25) is 0 Å². The minimum absolute atomic E-state index is 0.0994. The van der Waals surface area contributed by atoms with Crippen LogP contribution in [0.25, 0.3) is 0 Å². The lowest BCUT2D eigenvalue weighted by molar-refractivity contribution is 0.111. The van der Waals surface area contributed by atoms with E-state index >= 15 is 0 Å². The standard InChI is InChI=1S/C14H18N2O/c15-9-12-3-1-2-4-14(12)16-10-11-5-7-13(17)8-6-11/h1-4,11,13,16-17H,5-8,10H2. The zero-order chi connectivity index (χ0) is 12.1. The zero-order valence-corrected chi connectivity index (χ0v) is 9.89. The summed E-state index contributed by atoms with van der Waals surface area (Å²) in [6, 6.07) is 9.77. The molecule has 1 aromatic rings. The van der Waals surface area contributed by atoms with Crippen molar-refractivity contribution in [2.24, 2.45) is 5.92 Å². The molecular formula is C14H18N2O. The van der Waals surface area contributed by atoms with Crippen molar-refractivity contribution in [1.29, 1.82) is 5.26 Å². The minimum Gasteiger partial charge on any atom is -0.393 e. The fourth-order valence-corrected chi connectivity index (χ4v) is 2.34. The molecule has 1 aliphatic carbocycles. The maximum absolute atomic E-state index is 9.43. The molecule has 0 spiro atoms. The van der Waals surface area contributed by atoms with Gasteiger partial charge in [0.05, 0.1) is 17.4 Å². The Bertz CT molecular complexity index is 403. The molecule has 3 heteroatoms. The van der Waals surface area contributed by atoms with Gasteiger partial charge in [0.1, 0.15) is 6.07 Å². The molecule has 0 aliphatic heterocycles. The summed E-state index contributed by atoms with van der Waals surface area (Å²) in [5, 5.41) is 21.7. The first kappa shape index (κ1) is 11.9. The molecule has 0 unspecified atom stereocenters. The Morgan fingerprint density at radius 2 is 1.94 bits per heavy atom. The van der Waals surface area contributed by atoms with Gasteiger partial charge in [0.2, 0.25) is 0 Å². The Kier molecular flexibility index (Phi) is 4.00. The van der Waals surface area contributed by atoms with Crippen molar-refractivity contribution in [3.8, 4) is 6.07 Å². The Labute approximate surface area is 102 Å². The van der Waals surface area contributed by atoms with Crippen LogP contribution in [-0.4, -0.2) is 17.8 Å². The van der Waals surface area contributed by atoms with Gasteiger partial charge in [-0.2, -0.15) is 5.26 Å². The normalized spacial score (nSPS) is 24.0. The highest BCUT2D eigenvalue weighted by Gasteiger charge is 2.19. The molecule has 3 nitrogen and oxygen atoms in total. The van der Waals surface area contributed by atoms with Crippen LogP contribution in [0.1, 0.15) is 31.2 Å². The van der Waals surface area contributed by atoms with Crippen LogP contribution >= 0.6 is 0 Å². The van der Waals surface area contributed by atoms with E-state index in [9.17, 15) is 5.11 Å². The number of rotatable bonds is 3. The Hall–Kier alpha value is -1.53. The molecule has 17 heavy (non-hydrogen) atoms. The van der Waals surface area contributed by atoms with E-state index in [0.717, 1.165) is 37.9 Å². The van der Waals surface area contributed by atoms with E-state index < -0.39 is 0 Å². The number of aliphatic hydroxyl groups excluding tert-OH is 1. The number of benzene rings is 1. The highest BCUT2D eigenvalue weighted by Crippen LogP contribution is 2.25. The second-order valence-electron chi connectivity index (χ2n) is 4.71. The molecular weight excluding hydrogens is 212 g/mol. The molecule has 1 aliphatic rings. The third-order valence-electron chi connectivity index (χ3n) is 3.44. The number of nitriles is 1. The summed E-state index contributed by atoms with van der Waals surface area (Å²) >= 11 is 0. The molecule has 0 heterocycles. The van der Waals surface area contributed by atoms with Gasteiger partial charge in [0, 0.05) is 6.54 Å². The lowest BCUT2D eigenvalue weighted by atomic mass is 9.87. The summed E-state index contributed by atoms with van der Waals surface area (Å²) < 4.78 is 0. The first-order chi connectivity index (χ1) is 8.29. The lowest BCUT2D eigenvalue weighted by Gasteiger charge is -2.25. The lowest BCUT2D eigenvalue weighted by Crippen LogP contribution is -2.23. The predicted molar refractivity (Wildman–Crippen MR) is 67.6 cm³/mol. The maximum atomic E-state index is 9.43. The molecule has 1 saturated carbocycles. The molecule has 1 fully saturated rings. The highest BCUT2D eigenvalue weighted by atomic mass is 16.3. The van der Waals surface area contributed by atoms with Crippen molar-refractivity contribution >= 4 is 5.69 Å². The Morgan fingerprint density at radius 1 is 1.24 bits per heavy atom. The summed E-state index contributed by atoms with van der Waals surface area (Å²) in [4.78, 5) is 0. The number of nitrogens with zero attached hydrogens (tertiary/aromatic N) is 1. The van der Waals surface area contributed by atoms with E-state index in [-0.39, 0.29) is 6.10 Å². The molecule has 1 aromatic carbocycles. The molecule has 0 amide bonds. The minimum atomic E-state index is -0.0994. The molecule has 0 bridgehead atoms. The van der Waals surface area contributed by atoms with Gasteiger partial charge in [0.15, 0.2) is 0 Å². The van der Waals surface area contributed by atoms with Crippen LogP contribution in [0.4, 0.5) is 5.69 Å². The first-order valence-electron chi connectivity index (χ1n) is 6.20. The van der Waals surface area contributed by atoms with E-state index in [1.54, 1.807) is 0 Å². The summed E-state index contributed by atoms with van der Waals surface area (Å²) in [5.41, 5.74) is 1.62. The number of hydrogen-bond acceptors (Lipinski definition) is 3. The average molecular weight is 230 g/mol. The van der Waals surface area contributed by atoms with Gasteiger partial charge in [0.25, 0.3) is 0 Å². The number of aliphatic hydroxyl groups is 1. The third-order valence-corrected chi connectivity index (χ3v) is 3.44. The SMILES string of the molecule is N#Cc1ccccc1NCC1CCC(O)CC1. The van der Waals surface area contributed by atoms with Crippen molar-refractivity contribution < 1.29 is 5.11 Å². The van der Waals surface area contributed by atoms with E-state index in [4.69, 9.17) is 5.26 Å². The average Bonchev–Trinajstić information content (AvgIpc) is 2.38. The summed E-state index contributed by atoms with van der Waals surface area (Å²) in [6.07, 6.45) is 3.86. The number of hydrogen-bond donors (Lipinski definition) is 2. The van der Waals surface area contributed by atoms with Crippen LogP contribution < -0.4 is 5.32 Å². The third kappa shape index (κ3) is 3.21. The highest BCUT2D eigenvalue weighted by molar-refractivity contribution is 5.57. The molecule has 90 valence electrons. The second-order valence-corrected chi connectivity index (χ2v) is 4.71. The molecule has 2 N–H and O–H groups in total. The fourth-order valence-electron chi connectivity index (χ4n) is 2.34. The zero-order valence-electron chi connectivity index (χ0n) is 9.89. The fraction of sp³-hybridized carbons (Fsp3) is 0.500. The number of nitrogens with one attached hydrogen (secondary N) is 1. The van der Waals surface area contributed by atoms with Crippen LogP contribution in [0.15, 0.2) is 24.3 Å². The van der Waals surface area contributed by atoms with Gasteiger partial charge in [-0.05, 0) is 43.7 Å². The van der Waals surface area contributed by atoms with Gasteiger partial charge in [-0.15, -0.1) is 0 Å². The molecule has 2 rings (SSSR count). The largest absolute Gasteiger partial charge is 0.393 e. The second kappa shape index (κ2) is 5.70. The molecule has 0 radical (unpaired) electrons. The van der Waals surface area contributed by atoms with Gasteiger partial charge in [-0.1, -0.05) is 12.1 Å². The molecule has 0 aromatic heterocycles. The van der Waals surface area contributed by atoms with E-state index in [2.05, 4.69) is 11.4 Å². The van der Waals surface area contributed by atoms with Crippen LogP contribution in [0.5, 0.6) is 0 Å². The van der Waals surface area contributed by atoms with Gasteiger partial charge < -0.3 is 10.4 Å². The predicted octanol–water partition coefficient (Wildman–Crippen LogP) is 2.52. The molecule has 0 atom stereocenters. The first-order valence-corrected chi connectivity index (χ1v) is 6.20. The van der Waals surface area contributed by atoms with Crippen molar-refractivity contribution in [2.75, 3.05) is 11.9 Å². The van der Waals surface area contributed by atoms with Crippen LogP contribution in [0.3, 0.4) is 0 Å². The van der Waals surface area contributed by atoms with Crippen LogP contribution in [0.2, 0.25) is 0 Å². The summed E-state index contributed by atoms with van der Waals surface area (Å²) in [6.45, 7) is 0.894. The van der Waals surface area contributed by atoms with E-state index in [0.29, 0.717) is 11.5 Å². The quantitative estimate of drug-likeness (QED) is 0.839. The number of anilines is 1. The summed E-state index contributed by atoms with van der Waals surface area (Å²) in [7, 11) is 0. The number of para-hydroxylation sites is 1. The van der Waals surface area contributed by atoms with Crippen LogP contribution in [-0.2, 0) is 0 Å². The van der Waals surface area contributed by atoms with Gasteiger partial charge in [-0.25, -0.2) is 0 Å². The Morgan fingerprint density at radius 3 is 2.65 bits per heavy atom. The van der Waals surface area contributed by atoms with E-state index in [1.165, 1.54) is 0 Å². The topological polar surface area (TPSA) is 56.0 Å². The summed E-state index contributed by atoms with van der Waals surface area (Å²) in [5.74, 6) is 0.616. The smallest absolute Gasteiger partial charge is 0.101 e. The van der Waals surface area contributed by atoms with Crippen molar-refractivity contribution in [1.82, 2.24) is 0 Å². The maximum Gasteiger partial charge on any atom is 0.101 e. The monoisotopic (exact) mass is 230 g/mol.